The smallest absolute Gasteiger partial charge is 0.220 e. The topological polar surface area (TPSA) is 96.7 Å². The molecule has 8 heteroatoms. The van der Waals surface area contributed by atoms with Gasteiger partial charge >= 0.3 is 0 Å². The quantitative estimate of drug-likeness (QED) is 0.373. The van der Waals surface area contributed by atoms with Crippen molar-refractivity contribution in [1.82, 2.24) is 15.1 Å². The standard InChI is InChI=1S/C24H26FN5OS/c1-16-5-10-20(14-17(16)2)32-13-11-23(31)28-12-3-4-22-21(15-26)24(27)30(29-22)19-8-6-18(25)7-9-19/h5-10,14H,3-4,11-13,27H2,1-2H3,(H,28,31). The zero-order chi connectivity index (χ0) is 23.1. The van der Waals surface area contributed by atoms with Crippen molar-refractivity contribution in [1.29, 1.82) is 5.26 Å². The summed E-state index contributed by atoms with van der Waals surface area (Å²) < 4.78 is 14.6. The zero-order valence-corrected chi connectivity index (χ0v) is 19.0. The van der Waals surface area contributed by atoms with E-state index in [0.717, 1.165) is 0 Å². The van der Waals surface area contributed by atoms with Crippen molar-refractivity contribution in [3.8, 4) is 11.8 Å². The Morgan fingerprint density at radius 1 is 1.22 bits per heavy atom. The molecular weight excluding hydrogens is 425 g/mol. The minimum absolute atomic E-state index is 0.00167. The van der Waals surface area contributed by atoms with Crippen molar-refractivity contribution >= 4 is 23.5 Å². The van der Waals surface area contributed by atoms with Gasteiger partial charge in [0.1, 0.15) is 23.3 Å². The molecule has 0 aliphatic heterocycles. The molecule has 0 bridgehead atoms. The van der Waals surface area contributed by atoms with Crippen LogP contribution >= 0.6 is 11.8 Å². The van der Waals surface area contributed by atoms with Crippen molar-refractivity contribution in [2.45, 2.75) is 38.0 Å². The summed E-state index contributed by atoms with van der Waals surface area (Å²) in [4.78, 5) is 13.3. The van der Waals surface area contributed by atoms with Crippen LogP contribution in [-0.2, 0) is 11.2 Å². The third-order valence-corrected chi connectivity index (χ3v) is 6.16. The van der Waals surface area contributed by atoms with Crippen molar-refractivity contribution in [2.24, 2.45) is 0 Å². The normalized spacial score (nSPS) is 10.7. The van der Waals surface area contributed by atoms with Crippen LogP contribution in [0.5, 0.6) is 0 Å². The molecule has 0 fully saturated rings. The van der Waals surface area contributed by atoms with Gasteiger partial charge in [-0.3, -0.25) is 4.79 Å². The van der Waals surface area contributed by atoms with Gasteiger partial charge in [-0.2, -0.15) is 10.4 Å². The molecule has 3 rings (SSSR count). The number of halogens is 1. The molecule has 0 unspecified atom stereocenters. The second-order valence-electron chi connectivity index (χ2n) is 7.50. The lowest BCUT2D eigenvalue weighted by Gasteiger charge is -2.06. The number of hydrogen-bond donors (Lipinski definition) is 2. The van der Waals surface area contributed by atoms with Crippen LogP contribution in [0.2, 0.25) is 0 Å². The summed E-state index contributed by atoms with van der Waals surface area (Å²) in [6, 6.07) is 14.1. The fourth-order valence-corrected chi connectivity index (χ4v) is 4.14. The molecule has 0 aliphatic rings. The van der Waals surface area contributed by atoms with Crippen LogP contribution in [0.1, 0.15) is 35.2 Å². The number of nitrogens with zero attached hydrogens (tertiary/aromatic N) is 3. The van der Waals surface area contributed by atoms with E-state index in [2.05, 4.69) is 48.5 Å². The van der Waals surface area contributed by atoms with Gasteiger partial charge in [-0.1, -0.05) is 6.07 Å². The Balaban J connectivity index is 1.46. The first-order valence-corrected chi connectivity index (χ1v) is 11.4. The van der Waals surface area contributed by atoms with Crippen molar-refractivity contribution in [2.75, 3.05) is 18.0 Å². The largest absolute Gasteiger partial charge is 0.382 e. The number of hydrogen-bond acceptors (Lipinski definition) is 5. The van der Waals surface area contributed by atoms with Gasteiger partial charge in [-0.05, 0) is 74.2 Å². The van der Waals surface area contributed by atoms with Crippen LogP contribution in [0.4, 0.5) is 10.2 Å². The van der Waals surface area contributed by atoms with E-state index in [-0.39, 0.29) is 17.5 Å². The van der Waals surface area contributed by atoms with Crippen molar-refractivity contribution in [3.05, 3.63) is 70.7 Å². The molecule has 1 aromatic heterocycles. The first kappa shape index (κ1) is 23.4. The van der Waals surface area contributed by atoms with Gasteiger partial charge in [0.05, 0.1) is 11.4 Å². The number of carbonyl (C=O) groups excluding carboxylic acids is 1. The molecule has 3 N–H and O–H groups in total. The minimum atomic E-state index is -0.358. The summed E-state index contributed by atoms with van der Waals surface area (Å²) >= 11 is 1.67. The van der Waals surface area contributed by atoms with E-state index in [0.29, 0.717) is 48.5 Å². The Hall–Kier alpha value is -3.31. The van der Waals surface area contributed by atoms with E-state index in [9.17, 15) is 14.4 Å². The maximum Gasteiger partial charge on any atom is 0.220 e. The molecule has 2 aromatic carbocycles. The number of benzene rings is 2. The maximum atomic E-state index is 13.2. The second kappa shape index (κ2) is 10.8. The zero-order valence-electron chi connectivity index (χ0n) is 18.2. The lowest BCUT2D eigenvalue weighted by Crippen LogP contribution is -2.25. The highest BCUT2D eigenvalue weighted by molar-refractivity contribution is 7.99. The first-order chi connectivity index (χ1) is 15.4. The molecule has 0 saturated carbocycles. The van der Waals surface area contributed by atoms with E-state index in [1.54, 1.807) is 23.9 Å². The Kier molecular flexibility index (Phi) is 7.90. The van der Waals surface area contributed by atoms with E-state index >= 15 is 0 Å². The third-order valence-electron chi connectivity index (χ3n) is 5.17. The van der Waals surface area contributed by atoms with E-state index in [1.807, 2.05) is 0 Å². The number of nitrogens with two attached hydrogens (primary N) is 1. The Bertz CT molecular complexity index is 1130. The van der Waals surface area contributed by atoms with Gasteiger partial charge in [0.25, 0.3) is 0 Å². The first-order valence-electron chi connectivity index (χ1n) is 10.4. The minimum Gasteiger partial charge on any atom is -0.382 e. The lowest BCUT2D eigenvalue weighted by atomic mass is 10.1. The fraction of sp³-hybridized carbons (Fsp3) is 0.292. The summed E-state index contributed by atoms with van der Waals surface area (Å²) in [6.07, 6.45) is 1.57. The molecule has 1 heterocycles. The average Bonchev–Trinajstić information content (AvgIpc) is 3.09. The number of rotatable bonds is 9. The number of aryl methyl sites for hydroxylation is 3. The number of anilines is 1. The summed E-state index contributed by atoms with van der Waals surface area (Å²) in [5.41, 5.74) is 10.0. The van der Waals surface area contributed by atoms with Gasteiger partial charge in [-0.25, -0.2) is 9.07 Å². The molecule has 6 nitrogen and oxygen atoms in total. The molecule has 32 heavy (non-hydrogen) atoms. The highest BCUT2D eigenvalue weighted by atomic mass is 32.2. The van der Waals surface area contributed by atoms with E-state index in [4.69, 9.17) is 5.73 Å². The number of carbonyl (C=O) groups is 1. The van der Waals surface area contributed by atoms with Crippen LogP contribution in [0.25, 0.3) is 5.69 Å². The Morgan fingerprint density at radius 2 is 1.97 bits per heavy atom. The highest BCUT2D eigenvalue weighted by Gasteiger charge is 2.16. The van der Waals surface area contributed by atoms with E-state index < -0.39 is 0 Å². The predicted molar refractivity (Wildman–Crippen MR) is 125 cm³/mol. The van der Waals surface area contributed by atoms with E-state index in [1.165, 1.54) is 32.8 Å². The Labute approximate surface area is 191 Å². The SMILES string of the molecule is Cc1ccc(SCCC(=O)NCCCc2nn(-c3ccc(F)cc3)c(N)c2C#N)cc1C. The van der Waals surface area contributed by atoms with Gasteiger partial charge in [0.15, 0.2) is 0 Å². The van der Waals surface area contributed by atoms with Crippen molar-refractivity contribution < 1.29 is 9.18 Å². The predicted octanol–water partition coefficient (Wildman–Crippen LogP) is 4.31. The summed E-state index contributed by atoms with van der Waals surface area (Å²) in [5, 5.41) is 16.8. The van der Waals surface area contributed by atoms with Crippen molar-refractivity contribution in [3.63, 3.8) is 0 Å². The second-order valence-corrected chi connectivity index (χ2v) is 8.67. The number of nitrogens with one attached hydrogen (secondary N) is 1. The van der Waals surface area contributed by atoms with Crippen LogP contribution < -0.4 is 11.1 Å². The lowest BCUT2D eigenvalue weighted by molar-refractivity contribution is -0.120. The molecule has 166 valence electrons. The number of nitrogen functional groups attached to an aromatic ring is 1. The van der Waals surface area contributed by atoms with Crippen LogP contribution in [-0.4, -0.2) is 28.0 Å². The monoisotopic (exact) mass is 451 g/mol. The average molecular weight is 452 g/mol. The molecule has 0 aliphatic carbocycles. The molecule has 0 spiro atoms. The van der Waals surface area contributed by atoms with Crippen LogP contribution in [0.3, 0.4) is 0 Å². The van der Waals surface area contributed by atoms with Crippen LogP contribution in [0, 0.1) is 31.0 Å². The number of amides is 1. The molecule has 3 aromatic rings. The maximum absolute atomic E-state index is 13.2. The van der Waals surface area contributed by atoms with Crippen LogP contribution in [0.15, 0.2) is 47.4 Å². The number of aromatic nitrogens is 2. The highest BCUT2D eigenvalue weighted by Crippen LogP contribution is 2.23. The van der Waals surface area contributed by atoms with Gasteiger partial charge in [0.2, 0.25) is 5.91 Å². The molecular formula is C24H26FN5OS. The number of nitriles is 1. The van der Waals surface area contributed by atoms with Gasteiger partial charge in [0, 0.05) is 23.6 Å². The number of thioether (sulfide) groups is 1. The summed E-state index contributed by atoms with van der Waals surface area (Å²) in [7, 11) is 0. The summed E-state index contributed by atoms with van der Waals surface area (Å²) in [5.74, 6) is 0.578. The molecule has 0 atom stereocenters. The third kappa shape index (κ3) is 5.89. The fourth-order valence-electron chi connectivity index (χ4n) is 3.19. The molecule has 0 radical (unpaired) electrons. The summed E-state index contributed by atoms with van der Waals surface area (Å²) in [6.45, 7) is 4.65. The molecule has 0 saturated heterocycles. The molecule has 1 amide bonds. The van der Waals surface area contributed by atoms with Gasteiger partial charge in [-0.15, -0.1) is 11.8 Å². The van der Waals surface area contributed by atoms with Gasteiger partial charge < -0.3 is 11.1 Å². The Morgan fingerprint density at radius 3 is 2.66 bits per heavy atom.